The Hall–Kier alpha value is -0.770. The normalized spacial score (nSPS) is 21.1. The van der Waals surface area contributed by atoms with Crippen molar-refractivity contribution in [1.82, 2.24) is 4.90 Å². The van der Waals surface area contributed by atoms with Gasteiger partial charge in [-0.3, -0.25) is 0 Å². The molecule has 0 aromatic heterocycles. The number of rotatable bonds is 1. The SMILES string of the molecule is CC(C)(C)OC(=O)N1CCCC1.CC1(CN)CC1. The Morgan fingerprint density at radius 2 is 1.78 bits per heavy atom. The van der Waals surface area contributed by atoms with E-state index in [1.54, 1.807) is 4.90 Å². The van der Waals surface area contributed by atoms with Gasteiger partial charge in [-0.15, -0.1) is 0 Å². The van der Waals surface area contributed by atoms with Gasteiger partial charge in [0.15, 0.2) is 0 Å². The Balaban J connectivity index is 0.000000225. The van der Waals surface area contributed by atoms with Crippen LogP contribution in [0, 0.1) is 5.41 Å². The minimum absolute atomic E-state index is 0.167. The molecule has 106 valence electrons. The zero-order valence-corrected chi connectivity index (χ0v) is 12.3. The van der Waals surface area contributed by atoms with Gasteiger partial charge < -0.3 is 15.4 Å². The summed E-state index contributed by atoms with van der Waals surface area (Å²) in [6, 6.07) is 0. The molecule has 2 N–H and O–H groups in total. The van der Waals surface area contributed by atoms with Crippen LogP contribution in [-0.2, 0) is 4.74 Å². The van der Waals surface area contributed by atoms with Crippen molar-refractivity contribution >= 4 is 6.09 Å². The molecule has 2 rings (SSSR count). The van der Waals surface area contributed by atoms with Crippen LogP contribution in [-0.4, -0.2) is 36.2 Å². The number of carbonyl (C=O) groups excluding carboxylic acids is 1. The predicted molar refractivity (Wildman–Crippen MR) is 73.4 cm³/mol. The number of amides is 1. The fourth-order valence-corrected chi connectivity index (χ4v) is 1.64. The zero-order valence-electron chi connectivity index (χ0n) is 12.3. The molecule has 18 heavy (non-hydrogen) atoms. The van der Waals surface area contributed by atoms with Gasteiger partial charge in [-0.05, 0) is 58.4 Å². The molecular weight excluding hydrogens is 228 g/mol. The molecule has 0 bridgehead atoms. The molecule has 0 unspecified atom stereocenters. The summed E-state index contributed by atoms with van der Waals surface area (Å²) >= 11 is 0. The van der Waals surface area contributed by atoms with E-state index in [2.05, 4.69) is 6.92 Å². The van der Waals surface area contributed by atoms with Crippen molar-refractivity contribution < 1.29 is 9.53 Å². The lowest BCUT2D eigenvalue weighted by Gasteiger charge is -2.23. The Morgan fingerprint density at radius 1 is 1.28 bits per heavy atom. The summed E-state index contributed by atoms with van der Waals surface area (Å²) in [6.07, 6.45) is 4.76. The molecule has 1 heterocycles. The van der Waals surface area contributed by atoms with E-state index >= 15 is 0 Å². The van der Waals surface area contributed by atoms with E-state index in [0.717, 1.165) is 32.5 Å². The van der Waals surface area contributed by atoms with E-state index in [-0.39, 0.29) is 11.7 Å². The lowest BCUT2D eigenvalue weighted by atomic mass is 10.2. The topological polar surface area (TPSA) is 55.6 Å². The van der Waals surface area contributed by atoms with E-state index in [9.17, 15) is 4.79 Å². The van der Waals surface area contributed by atoms with Gasteiger partial charge in [0.2, 0.25) is 0 Å². The third-order valence-corrected chi connectivity index (χ3v) is 3.35. The number of carbonyl (C=O) groups is 1. The molecule has 0 aromatic carbocycles. The predicted octanol–water partition coefficient (Wildman–Crippen LogP) is 2.76. The Kier molecular flexibility index (Phi) is 5.02. The highest BCUT2D eigenvalue weighted by atomic mass is 16.6. The van der Waals surface area contributed by atoms with Crippen molar-refractivity contribution in [3.63, 3.8) is 0 Å². The maximum Gasteiger partial charge on any atom is 0.410 e. The van der Waals surface area contributed by atoms with Gasteiger partial charge in [-0.25, -0.2) is 4.79 Å². The van der Waals surface area contributed by atoms with Crippen LogP contribution in [0.1, 0.15) is 53.4 Å². The van der Waals surface area contributed by atoms with E-state index in [1.807, 2.05) is 20.8 Å². The van der Waals surface area contributed by atoms with Crippen LogP contribution in [0.15, 0.2) is 0 Å². The van der Waals surface area contributed by atoms with Crippen molar-refractivity contribution in [2.45, 2.75) is 59.0 Å². The summed E-state index contributed by atoms with van der Waals surface area (Å²) in [5.74, 6) is 0. The highest BCUT2D eigenvalue weighted by Gasteiger charge is 2.35. The van der Waals surface area contributed by atoms with Crippen LogP contribution < -0.4 is 5.73 Å². The van der Waals surface area contributed by atoms with E-state index < -0.39 is 0 Å². The minimum Gasteiger partial charge on any atom is -0.444 e. The second-order valence-electron chi connectivity index (χ2n) is 6.69. The van der Waals surface area contributed by atoms with Gasteiger partial charge in [-0.1, -0.05) is 6.92 Å². The molecule has 0 aromatic rings. The van der Waals surface area contributed by atoms with E-state index in [0.29, 0.717) is 5.41 Å². The van der Waals surface area contributed by atoms with E-state index in [1.165, 1.54) is 12.8 Å². The molecule has 4 nitrogen and oxygen atoms in total. The number of hydrogen-bond donors (Lipinski definition) is 1. The maximum atomic E-state index is 11.4. The van der Waals surface area contributed by atoms with Crippen LogP contribution in [0.3, 0.4) is 0 Å². The molecule has 1 aliphatic heterocycles. The molecule has 2 fully saturated rings. The van der Waals surface area contributed by atoms with Gasteiger partial charge in [0.25, 0.3) is 0 Å². The summed E-state index contributed by atoms with van der Waals surface area (Å²) < 4.78 is 5.21. The molecule has 1 saturated heterocycles. The van der Waals surface area contributed by atoms with Crippen LogP contribution in [0.2, 0.25) is 0 Å². The number of likely N-dealkylation sites (tertiary alicyclic amines) is 1. The van der Waals surface area contributed by atoms with Gasteiger partial charge in [0.1, 0.15) is 5.60 Å². The van der Waals surface area contributed by atoms with E-state index in [4.69, 9.17) is 10.5 Å². The van der Waals surface area contributed by atoms with Crippen LogP contribution in [0.4, 0.5) is 4.79 Å². The molecular formula is C14H28N2O2. The number of nitrogens with zero attached hydrogens (tertiary/aromatic N) is 1. The van der Waals surface area contributed by atoms with Crippen LogP contribution in [0.5, 0.6) is 0 Å². The largest absolute Gasteiger partial charge is 0.444 e. The average Bonchev–Trinajstić information content (AvgIpc) is 2.82. The van der Waals surface area contributed by atoms with Gasteiger partial charge in [0.05, 0.1) is 0 Å². The highest BCUT2D eigenvalue weighted by Crippen LogP contribution is 2.43. The third kappa shape index (κ3) is 5.71. The summed E-state index contributed by atoms with van der Waals surface area (Å²) in [5, 5.41) is 0. The lowest BCUT2D eigenvalue weighted by molar-refractivity contribution is 0.0295. The fourth-order valence-electron chi connectivity index (χ4n) is 1.64. The van der Waals surface area contributed by atoms with Crippen molar-refractivity contribution in [2.75, 3.05) is 19.6 Å². The Labute approximate surface area is 111 Å². The van der Waals surface area contributed by atoms with Crippen LogP contribution in [0.25, 0.3) is 0 Å². The molecule has 1 aliphatic carbocycles. The lowest BCUT2D eigenvalue weighted by Crippen LogP contribution is -2.34. The summed E-state index contributed by atoms with van der Waals surface area (Å²) in [5.41, 5.74) is 5.58. The first-order valence-corrected chi connectivity index (χ1v) is 6.94. The van der Waals surface area contributed by atoms with Crippen molar-refractivity contribution in [1.29, 1.82) is 0 Å². The number of ether oxygens (including phenoxy) is 1. The minimum atomic E-state index is -0.361. The molecule has 0 spiro atoms. The molecule has 1 amide bonds. The number of nitrogens with two attached hydrogens (primary N) is 1. The third-order valence-electron chi connectivity index (χ3n) is 3.35. The summed E-state index contributed by atoms with van der Waals surface area (Å²) in [6.45, 7) is 10.5. The molecule has 0 atom stereocenters. The first kappa shape index (κ1) is 15.3. The smallest absolute Gasteiger partial charge is 0.410 e. The second-order valence-corrected chi connectivity index (χ2v) is 6.69. The Bertz CT molecular complexity index is 274. The van der Waals surface area contributed by atoms with Gasteiger partial charge in [-0.2, -0.15) is 0 Å². The van der Waals surface area contributed by atoms with Crippen LogP contribution >= 0.6 is 0 Å². The summed E-state index contributed by atoms with van der Waals surface area (Å²) in [7, 11) is 0. The molecule has 4 heteroatoms. The zero-order chi connectivity index (χ0) is 13.8. The molecule has 1 saturated carbocycles. The first-order valence-electron chi connectivity index (χ1n) is 6.94. The maximum absolute atomic E-state index is 11.4. The fraction of sp³-hybridized carbons (Fsp3) is 0.929. The number of hydrogen-bond acceptors (Lipinski definition) is 3. The molecule has 0 radical (unpaired) electrons. The average molecular weight is 256 g/mol. The highest BCUT2D eigenvalue weighted by molar-refractivity contribution is 5.68. The Morgan fingerprint density at radius 3 is 2.06 bits per heavy atom. The molecule has 2 aliphatic rings. The summed E-state index contributed by atoms with van der Waals surface area (Å²) in [4.78, 5) is 13.1. The van der Waals surface area contributed by atoms with Crippen molar-refractivity contribution in [3.05, 3.63) is 0 Å². The second kappa shape index (κ2) is 5.91. The standard InChI is InChI=1S/C9H17NO2.C5H11N/c1-9(2,3)12-8(11)10-6-4-5-7-10;1-5(4-6)2-3-5/h4-7H2,1-3H3;2-4,6H2,1H3. The van der Waals surface area contributed by atoms with Crippen molar-refractivity contribution in [2.24, 2.45) is 11.1 Å². The van der Waals surface area contributed by atoms with Gasteiger partial charge >= 0.3 is 6.09 Å². The first-order chi connectivity index (χ1) is 8.26. The van der Waals surface area contributed by atoms with Gasteiger partial charge in [0, 0.05) is 13.1 Å². The monoisotopic (exact) mass is 256 g/mol. The quantitative estimate of drug-likeness (QED) is 0.785. The van der Waals surface area contributed by atoms with Crippen molar-refractivity contribution in [3.8, 4) is 0 Å².